The minimum atomic E-state index is 0.599. The van der Waals surface area contributed by atoms with Crippen LogP contribution in [-0.2, 0) is 11.3 Å². The van der Waals surface area contributed by atoms with E-state index in [-0.39, 0.29) is 0 Å². The Morgan fingerprint density at radius 2 is 2.07 bits per heavy atom. The molecule has 1 heteroatoms. The van der Waals surface area contributed by atoms with Gasteiger partial charge in [-0.1, -0.05) is 49.1 Å². The largest absolute Gasteiger partial charge is 0.489 e. The second kappa shape index (κ2) is 6.66. The van der Waals surface area contributed by atoms with E-state index in [1.165, 1.54) is 5.56 Å². The molecule has 0 aliphatic carbocycles. The van der Waals surface area contributed by atoms with E-state index in [9.17, 15) is 0 Å². The second-order valence-electron chi connectivity index (χ2n) is 3.06. The maximum atomic E-state index is 5.61. The van der Waals surface area contributed by atoms with Gasteiger partial charge in [-0.25, -0.2) is 0 Å². The molecule has 0 atom stereocenters. The third-order valence-corrected chi connectivity index (χ3v) is 1.93. The lowest BCUT2D eigenvalue weighted by Gasteiger charge is -2.06. The van der Waals surface area contributed by atoms with Crippen molar-refractivity contribution in [1.82, 2.24) is 0 Å². The van der Waals surface area contributed by atoms with Gasteiger partial charge < -0.3 is 4.74 Å². The Kier molecular flexibility index (Phi) is 5.02. The van der Waals surface area contributed by atoms with Crippen LogP contribution in [0.15, 0.2) is 67.0 Å². The van der Waals surface area contributed by atoms with Crippen LogP contribution in [0.1, 0.15) is 12.5 Å². The van der Waals surface area contributed by atoms with E-state index in [1.54, 1.807) is 6.08 Å². The minimum absolute atomic E-state index is 0.599. The topological polar surface area (TPSA) is 9.23 Å². The summed E-state index contributed by atoms with van der Waals surface area (Å²) in [7, 11) is 0. The zero-order valence-corrected chi connectivity index (χ0v) is 9.02. The molecule has 1 nitrogen and oxygen atoms in total. The van der Waals surface area contributed by atoms with Crippen molar-refractivity contribution in [2.45, 2.75) is 13.5 Å². The van der Waals surface area contributed by atoms with Gasteiger partial charge in [0, 0.05) is 0 Å². The van der Waals surface area contributed by atoms with E-state index < -0.39 is 0 Å². The highest BCUT2D eigenvalue weighted by Gasteiger charge is 1.93. The van der Waals surface area contributed by atoms with Crippen LogP contribution in [0, 0.1) is 0 Å². The summed E-state index contributed by atoms with van der Waals surface area (Å²) in [6.45, 7) is 6.17. The second-order valence-corrected chi connectivity index (χ2v) is 3.06. The number of benzene rings is 1. The highest BCUT2D eigenvalue weighted by molar-refractivity contribution is 5.17. The fourth-order valence-electron chi connectivity index (χ4n) is 1.13. The summed E-state index contributed by atoms with van der Waals surface area (Å²) in [6.07, 6.45) is 7.43. The Labute approximate surface area is 91.4 Å². The molecule has 0 fully saturated rings. The summed E-state index contributed by atoms with van der Waals surface area (Å²) in [5, 5.41) is 0. The summed E-state index contributed by atoms with van der Waals surface area (Å²) >= 11 is 0. The van der Waals surface area contributed by atoms with E-state index in [0.29, 0.717) is 6.61 Å². The van der Waals surface area contributed by atoms with Crippen molar-refractivity contribution in [1.29, 1.82) is 0 Å². The Balaban J connectivity index is 2.49. The lowest BCUT2D eigenvalue weighted by atomic mass is 10.2. The molecular weight excluding hydrogens is 184 g/mol. The standard InChI is InChI=1S/C14H16O/c1-3-5-11-14(4-2)15-12-13-9-7-6-8-10-13/h3-11H,1,12H2,2H3/b11-5-,14-4+. The fraction of sp³-hybridized carbons (Fsp3) is 0.143. The first-order chi connectivity index (χ1) is 7.36. The highest BCUT2D eigenvalue weighted by Crippen LogP contribution is 2.06. The minimum Gasteiger partial charge on any atom is -0.489 e. The van der Waals surface area contributed by atoms with Crippen LogP contribution in [-0.4, -0.2) is 0 Å². The molecule has 0 bridgehead atoms. The summed E-state index contributed by atoms with van der Waals surface area (Å²) in [5.41, 5.74) is 1.17. The summed E-state index contributed by atoms with van der Waals surface area (Å²) in [4.78, 5) is 0. The molecule has 15 heavy (non-hydrogen) atoms. The molecule has 0 saturated carbocycles. The molecular formula is C14H16O. The van der Waals surface area contributed by atoms with Gasteiger partial charge in [-0.05, 0) is 24.6 Å². The fourth-order valence-corrected chi connectivity index (χ4v) is 1.13. The van der Waals surface area contributed by atoms with Gasteiger partial charge in [-0.15, -0.1) is 0 Å². The van der Waals surface area contributed by atoms with Gasteiger partial charge in [0.15, 0.2) is 0 Å². The normalized spacial score (nSPS) is 11.7. The maximum Gasteiger partial charge on any atom is 0.115 e. The summed E-state index contributed by atoms with van der Waals surface area (Å²) < 4.78 is 5.61. The van der Waals surface area contributed by atoms with E-state index in [2.05, 4.69) is 6.58 Å². The zero-order valence-electron chi connectivity index (χ0n) is 9.02. The summed E-state index contributed by atoms with van der Waals surface area (Å²) in [6, 6.07) is 10.1. The lowest BCUT2D eigenvalue weighted by Crippen LogP contribution is -1.90. The molecule has 0 aliphatic rings. The molecule has 0 aromatic heterocycles. The monoisotopic (exact) mass is 200 g/mol. The molecule has 0 radical (unpaired) electrons. The molecule has 0 aliphatic heterocycles. The predicted octanol–water partition coefficient (Wildman–Crippen LogP) is 3.85. The predicted molar refractivity (Wildman–Crippen MR) is 64.3 cm³/mol. The number of ether oxygens (including phenoxy) is 1. The lowest BCUT2D eigenvalue weighted by molar-refractivity contribution is 0.210. The van der Waals surface area contributed by atoms with Crippen LogP contribution in [0.2, 0.25) is 0 Å². The van der Waals surface area contributed by atoms with Crippen LogP contribution >= 0.6 is 0 Å². The SMILES string of the molecule is C=C/C=C\C(=C/C)OCc1ccccc1. The number of rotatable bonds is 5. The zero-order chi connectivity index (χ0) is 10.9. The highest BCUT2D eigenvalue weighted by atomic mass is 16.5. The van der Waals surface area contributed by atoms with Crippen molar-refractivity contribution in [2.75, 3.05) is 0 Å². The molecule has 0 saturated heterocycles. The van der Waals surface area contributed by atoms with E-state index >= 15 is 0 Å². The van der Waals surface area contributed by atoms with Gasteiger partial charge in [-0.3, -0.25) is 0 Å². The first-order valence-corrected chi connectivity index (χ1v) is 4.99. The molecule has 1 aromatic carbocycles. The van der Waals surface area contributed by atoms with Gasteiger partial charge in [0.25, 0.3) is 0 Å². The molecule has 0 spiro atoms. The van der Waals surface area contributed by atoms with Crippen LogP contribution in [0.4, 0.5) is 0 Å². The van der Waals surface area contributed by atoms with Crippen LogP contribution < -0.4 is 0 Å². The third-order valence-electron chi connectivity index (χ3n) is 1.93. The number of hydrogen-bond acceptors (Lipinski definition) is 1. The first kappa shape index (κ1) is 11.3. The van der Waals surface area contributed by atoms with Gasteiger partial charge in [-0.2, -0.15) is 0 Å². The molecule has 78 valence electrons. The summed E-state index contributed by atoms with van der Waals surface area (Å²) in [5.74, 6) is 0.860. The van der Waals surface area contributed by atoms with Crippen LogP contribution in [0.3, 0.4) is 0 Å². The Morgan fingerprint density at radius 1 is 1.33 bits per heavy atom. The molecule has 0 heterocycles. The Hall–Kier alpha value is -1.76. The average molecular weight is 200 g/mol. The maximum absolute atomic E-state index is 5.61. The molecule has 1 rings (SSSR count). The van der Waals surface area contributed by atoms with Crippen molar-refractivity contribution in [3.63, 3.8) is 0 Å². The van der Waals surface area contributed by atoms with Gasteiger partial charge in [0.05, 0.1) is 0 Å². The van der Waals surface area contributed by atoms with Gasteiger partial charge in [0.1, 0.15) is 12.4 Å². The third kappa shape index (κ3) is 4.32. The van der Waals surface area contributed by atoms with Crippen LogP contribution in [0.25, 0.3) is 0 Å². The Morgan fingerprint density at radius 3 is 2.67 bits per heavy atom. The van der Waals surface area contributed by atoms with E-state index in [4.69, 9.17) is 4.74 Å². The molecule has 1 aromatic rings. The van der Waals surface area contributed by atoms with Crippen molar-refractivity contribution < 1.29 is 4.74 Å². The molecule has 0 N–H and O–H groups in total. The van der Waals surface area contributed by atoms with E-state index in [1.807, 2.05) is 55.5 Å². The van der Waals surface area contributed by atoms with Crippen molar-refractivity contribution in [2.24, 2.45) is 0 Å². The van der Waals surface area contributed by atoms with Crippen molar-refractivity contribution in [3.8, 4) is 0 Å². The molecule has 0 unspecified atom stereocenters. The van der Waals surface area contributed by atoms with Crippen molar-refractivity contribution in [3.05, 3.63) is 72.5 Å². The average Bonchev–Trinajstić information content (AvgIpc) is 2.31. The molecule has 0 amide bonds. The van der Waals surface area contributed by atoms with Crippen molar-refractivity contribution >= 4 is 0 Å². The Bertz CT molecular complexity index is 347. The van der Waals surface area contributed by atoms with E-state index in [0.717, 1.165) is 5.76 Å². The number of hydrogen-bond donors (Lipinski definition) is 0. The quantitative estimate of drug-likeness (QED) is 0.518. The first-order valence-electron chi connectivity index (χ1n) is 4.99. The van der Waals surface area contributed by atoms with Crippen LogP contribution in [0.5, 0.6) is 0 Å². The number of allylic oxidation sites excluding steroid dienone is 4. The van der Waals surface area contributed by atoms with Gasteiger partial charge >= 0.3 is 0 Å². The van der Waals surface area contributed by atoms with Gasteiger partial charge in [0.2, 0.25) is 0 Å². The smallest absolute Gasteiger partial charge is 0.115 e.